The van der Waals surface area contributed by atoms with Gasteiger partial charge in [-0.1, -0.05) is 47.4 Å². The van der Waals surface area contributed by atoms with Gasteiger partial charge < -0.3 is 4.42 Å². The number of hydrogen-bond acceptors (Lipinski definition) is 5. The van der Waals surface area contributed by atoms with Gasteiger partial charge in [0.2, 0.25) is 5.71 Å². The Morgan fingerprint density at radius 3 is 2.64 bits per heavy atom. The first kappa shape index (κ1) is 23.1. The van der Waals surface area contributed by atoms with Crippen molar-refractivity contribution < 1.29 is 4.42 Å². The number of aryl methyl sites for hydroxylation is 1. The van der Waals surface area contributed by atoms with Crippen LogP contribution in [-0.2, 0) is 19.5 Å². The first-order valence-corrected chi connectivity index (χ1v) is 11.8. The normalized spacial score (nSPS) is 11.0. The molecule has 0 bridgehead atoms. The summed E-state index contributed by atoms with van der Waals surface area (Å²) in [4.78, 5) is 16.8. The molecule has 0 spiro atoms. The van der Waals surface area contributed by atoms with Crippen LogP contribution in [0.3, 0.4) is 0 Å². The Labute approximate surface area is 201 Å². The summed E-state index contributed by atoms with van der Waals surface area (Å²) in [5.41, 5.74) is 2.40. The molecule has 3 aromatic heterocycles. The average Bonchev–Trinajstić information content (AvgIpc) is 3.40. The van der Waals surface area contributed by atoms with E-state index < -0.39 is 5.69 Å². The van der Waals surface area contributed by atoms with Crippen molar-refractivity contribution in [1.29, 1.82) is 0 Å². The minimum Gasteiger partial charge on any atom is -0.441 e. The van der Waals surface area contributed by atoms with Crippen LogP contribution in [0.5, 0.6) is 0 Å². The molecule has 170 valence electrons. The van der Waals surface area contributed by atoms with E-state index in [0.717, 1.165) is 24.0 Å². The molecule has 0 aliphatic carbocycles. The van der Waals surface area contributed by atoms with Gasteiger partial charge in [0.25, 0.3) is 0 Å². The summed E-state index contributed by atoms with van der Waals surface area (Å²) in [7, 11) is 0. The number of nitrogens with zero attached hydrogens (tertiary/aromatic N) is 5. The molecular formula is C24H23Cl2N5O2. The van der Waals surface area contributed by atoms with Crippen LogP contribution >= 0.6 is 23.2 Å². The van der Waals surface area contributed by atoms with Gasteiger partial charge in [0.1, 0.15) is 11.5 Å². The van der Waals surface area contributed by atoms with E-state index in [-0.39, 0.29) is 12.3 Å². The lowest BCUT2D eigenvalue weighted by Gasteiger charge is -2.02. The molecule has 4 aromatic rings. The standard InChI is InChI=1S/C24H23Cl2N5O2/c25-12-6-2-5-10-20-21-17-30(24(32)27-23(21)33-22(20)11-7-13-26)15-19-16-31(29-28-19)14-18-8-3-1-4-9-18/h1,3-4,8-9,16-17H,2,6-7,11-15H2. The van der Waals surface area contributed by atoms with E-state index in [1.807, 2.05) is 36.5 Å². The predicted molar refractivity (Wildman–Crippen MR) is 129 cm³/mol. The molecule has 7 nitrogen and oxygen atoms in total. The van der Waals surface area contributed by atoms with E-state index in [9.17, 15) is 4.79 Å². The van der Waals surface area contributed by atoms with E-state index in [1.165, 1.54) is 4.57 Å². The van der Waals surface area contributed by atoms with Crippen molar-refractivity contribution in [2.24, 2.45) is 0 Å². The van der Waals surface area contributed by atoms with Crippen LogP contribution in [0.4, 0.5) is 0 Å². The maximum atomic E-state index is 12.6. The zero-order valence-electron chi connectivity index (χ0n) is 18.0. The number of alkyl halides is 2. The molecule has 0 N–H and O–H groups in total. The van der Waals surface area contributed by atoms with Crippen molar-refractivity contribution in [1.82, 2.24) is 24.5 Å². The van der Waals surface area contributed by atoms with Gasteiger partial charge in [-0.15, -0.1) is 28.3 Å². The average molecular weight is 484 g/mol. The molecule has 1 aromatic carbocycles. The monoisotopic (exact) mass is 483 g/mol. The van der Waals surface area contributed by atoms with Crippen LogP contribution in [-0.4, -0.2) is 36.3 Å². The fourth-order valence-electron chi connectivity index (χ4n) is 3.44. The molecule has 33 heavy (non-hydrogen) atoms. The SMILES string of the molecule is O=c1nc2oc(CCCCl)c(C#CCCCCl)c2cn1Cc1cn(Cc2ccccc2)nn1. The van der Waals surface area contributed by atoms with E-state index in [1.54, 1.807) is 10.9 Å². The molecule has 0 saturated carbocycles. The van der Waals surface area contributed by atoms with Crippen molar-refractivity contribution in [3.63, 3.8) is 0 Å². The fraction of sp³-hybridized carbons (Fsp3) is 0.333. The molecule has 0 aliphatic rings. The number of rotatable bonds is 9. The topological polar surface area (TPSA) is 78.7 Å². The Morgan fingerprint density at radius 2 is 1.85 bits per heavy atom. The maximum Gasteiger partial charge on any atom is 0.351 e. The van der Waals surface area contributed by atoms with E-state index in [4.69, 9.17) is 27.6 Å². The van der Waals surface area contributed by atoms with Gasteiger partial charge in [-0.3, -0.25) is 4.57 Å². The van der Waals surface area contributed by atoms with Crippen molar-refractivity contribution in [2.75, 3.05) is 11.8 Å². The molecule has 0 aliphatic heterocycles. The van der Waals surface area contributed by atoms with E-state index >= 15 is 0 Å². The summed E-state index contributed by atoms with van der Waals surface area (Å²) in [5.74, 6) is 8.10. The third-order valence-electron chi connectivity index (χ3n) is 5.02. The number of benzene rings is 1. The predicted octanol–water partition coefficient (Wildman–Crippen LogP) is 4.22. The Morgan fingerprint density at radius 1 is 1.03 bits per heavy atom. The zero-order valence-corrected chi connectivity index (χ0v) is 19.5. The van der Waals surface area contributed by atoms with Gasteiger partial charge in [0.15, 0.2) is 0 Å². The number of fused-ring (bicyclic) bond motifs is 1. The Bertz CT molecular complexity index is 1330. The number of aromatic nitrogens is 5. The van der Waals surface area contributed by atoms with Crippen molar-refractivity contribution in [3.8, 4) is 11.8 Å². The van der Waals surface area contributed by atoms with Gasteiger partial charge in [-0.05, 0) is 18.4 Å². The lowest BCUT2D eigenvalue weighted by atomic mass is 10.1. The zero-order chi connectivity index (χ0) is 23.0. The van der Waals surface area contributed by atoms with Gasteiger partial charge in [0, 0.05) is 30.8 Å². The Hall–Kier alpha value is -3.08. The minimum absolute atomic E-state index is 0.248. The third-order valence-corrected chi connectivity index (χ3v) is 5.55. The fourth-order valence-corrected chi connectivity index (χ4v) is 3.71. The third kappa shape index (κ3) is 5.84. The van der Waals surface area contributed by atoms with Gasteiger partial charge in [0.05, 0.1) is 30.2 Å². The molecule has 0 saturated heterocycles. The summed E-state index contributed by atoms with van der Waals surface area (Å²) in [6.45, 7) is 0.853. The minimum atomic E-state index is -0.417. The van der Waals surface area contributed by atoms with Crippen LogP contribution in [0, 0.1) is 11.8 Å². The lowest BCUT2D eigenvalue weighted by molar-refractivity contribution is 0.531. The second-order valence-electron chi connectivity index (χ2n) is 7.55. The van der Waals surface area contributed by atoms with Gasteiger partial charge >= 0.3 is 5.69 Å². The van der Waals surface area contributed by atoms with Gasteiger partial charge in [-0.25, -0.2) is 9.48 Å². The highest BCUT2D eigenvalue weighted by atomic mass is 35.5. The van der Waals surface area contributed by atoms with Gasteiger partial charge in [-0.2, -0.15) is 4.98 Å². The molecule has 0 unspecified atom stereocenters. The first-order valence-electron chi connectivity index (χ1n) is 10.7. The van der Waals surface area contributed by atoms with Crippen molar-refractivity contribution in [3.05, 3.63) is 75.8 Å². The largest absolute Gasteiger partial charge is 0.441 e. The van der Waals surface area contributed by atoms with E-state index in [2.05, 4.69) is 27.1 Å². The summed E-state index contributed by atoms with van der Waals surface area (Å²) in [6.07, 6.45) is 6.43. The number of furan rings is 1. The second kappa shape index (κ2) is 11.2. The van der Waals surface area contributed by atoms with Crippen LogP contribution in [0.2, 0.25) is 0 Å². The van der Waals surface area contributed by atoms with Crippen LogP contribution in [0.25, 0.3) is 11.1 Å². The van der Waals surface area contributed by atoms with E-state index in [0.29, 0.717) is 48.0 Å². The molecule has 0 atom stereocenters. The summed E-state index contributed by atoms with van der Waals surface area (Å²) < 4.78 is 9.12. The van der Waals surface area contributed by atoms with Crippen molar-refractivity contribution >= 4 is 34.3 Å². The highest BCUT2D eigenvalue weighted by molar-refractivity contribution is 6.18. The lowest BCUT2D eigenvalue weighted by Crippen LogP contribution is -2.22. The molecule has 9 heteroatoms. The quantitative estimate of drug-likeness (QED) is 0.202. The molecule has 0 amide bonds. The van der Waals surface area contributed by atoms with Crippen LogP contribution < -0.4 is 5.69 Å². The molecule has 0 radical (unpaired) electrons. The van der Waals surface area contributed by atoms with Crippen LogP contribution in [0.1, 0.15) is 41.8 Å². The Kier molecular flexibility index (Phi) is 7.82. The number of hydrogen-bond donors (Lipinski definition) is 0. The Balaban J connectivity index is 1.62. The number of unbranched alkanes of at least 4 members (excludes halogenated alkanes) is 1. The second-order valence-corrected chi connectivity index (χ2v) is 8.31. The molecular weight excluding hydrogens is 461 g/mol. The highest BCUT2D eigenvalue weighted by Crippen LogP contribution is 2.24. The number of halogens is 2. The molecule has 4 rings (SSSR count). The maximum absolute atomic E-state index is 12.6. The highest BCUT2D eigenvalue weighted by Gasteiger charge is 2.16. The van der Waals surface area contributed by atoms with Crippen LogP contribution in [0.15, 0.2) is 51.9 Å². The molecule has 0 fully saturated rings. The smallest absolute Gasteiger partial charge is 0.351 e. The first-order chi connectivity index (χ1) is 16.2. The summed E-state index contributed by atoms with van der Waals surface area (Å²) in [6, 6.07) is 9.99. The van der Waals surface area contributed by atoms with Crippen molar-refractivity contribution in [2.45, 2.75) is 38.8 Å². The summed E-state index contributed by atoms with van der Waals surface area (Å²) >= 11 is 11.6. The molecule has 3 heterocycles. The summed E-state index contributed by atoms with van der Waals surface area (Å²) in [5, 5.41) is 9.10.